The molecule has 5 nitrogen and oxygen atoms in total. The predicted molar refractivity (Wildman–Crippen MR) is 107 cm³/mol. The molecule has 0 saturated carbocycles. The van der Waals surface area contributed by atoms with E-state index in [0.717, 1.165) is 62.6 Å². The van der Waals surface area contributed by atoms with Gasteiger partial charge in [0.25, 0.3) is 5.91 Å². The second kappa shape index (κ2) is 8.36. The molecule has 27 heavy (non-hydrogen) atoms. The van der Waals surface area contributed by atoms with Crippen molar-refractivity contribution in [1.82, 2.24) is 15.2 Å². The quantitative estimate of drug-likeness (QED) is 0.798. The highest BCUT2D eigenvalue weighted by Crippen LogP contribution is 2.24. The monoisotopic (exact) mass is 367 g/mol. The van der Waals surface area contributed by atoms with Crippen LogP contribution in [0.4, 0.5) is 0 Å². The maximum Gasteiger partial charge on any atom is 0.251 e. The molecule has 0 spiro atoms. The third-order valence-corrected chi connectivity index (χ3v) is 5.85. The van der Waals surface area contributed by atoms with Gasteiger partial charge in [-0.15, -0.1) is 0 Å². The third kappa shape index (κ3) is 4.47. The standard InChI is InChI=1S/C22H29N3O2/c26-19-8-12-25(13-9-19)11-3-10-23-22(27)17-6-7-21-18(15-17)14-16-4-1-2-5-20(16)24-21/h6-7,14-15,19,26H,1-5,8-13H2,(H,23,27). The molecular formula is C22H29N3O2. The van der Waals surface area contributed by atoms with Crippen LogP contribution in [-0.2, 0) is 12.8 Å². The number of hydrogen-bond acceptors (Lipinski definition) is 4. The van der Waals surface area contributed by atoms with E-state index >= 15 is 0 Å². The van der Waals surface area contributed by atoms with Gasteiger partial charge in [-0.05, 0) is 81.3 Å². The number of rotatable bonds is 5. The van der Waals surface area contributed by atoms with Crippen LogP contribution in [0.1, 0.15) is 53.7 Å². The molecule has 0 atom stereocenters. The average Bonchev–Trinajstić information content (AvgIpc) is 2.70. The molecule has 1 fully saturated rings. The van der Waals surface area contributed by atoms with E-state index in [1.165, 1.54) is 24.1 Å². The molecule has 4 rings (SSSR count). The Kier molecular flexibility index (Phi) is 5.69. The zero-order chi connectivity index (χ0) is 18.6. The molecule has 1 amide bonds. The number of fused-ring (bicyclic) bond motifs is 2. The van der Waals surface area contributed by atoms with Crippen molar-refractivity contribution < 1.29 is 9.90 Å². The Hall–Kier alpha value is -1.98. The molecule has 2 heterocycles. The largest absolute Gasteiger partial charge is 0.393 e. The van der Waals surface area contributed by atoms with Crippen LogP contribution in [0.25, 0.3) is 10.9 Å². The van der Waals surface area contributed by atoms with Gasteiger partial charge in [0.1, 0.15) is 0 Å². The van der Waals surface area contributed by atoms with Gasteiger partial charge in [0.15, 0.2) is 0 Å². The summed E-state index contributed by atoms with van der Waals surface area (Å²) >= 11 is 0. The number of carbonyl (C=O) groups excluding carboxylic acids is 1. The number of piperidine rings is 1. The van der Waals surface area contributed by atoms with Crippen molar-refractivity contribution in [3.63, 3.8) is 0 Å². The van der Waals surface area contributed by atoms with Crippen LogP contribution >= 0.6 is 0 Å². The molecule has 2 aliphatic rings. The number of aromatic nitrogens is 1. The number of likely N-dealkylation sites (tertiary alicyclic amines) is 1. The van der Waals surface area contributed by atoms with E-state index < -0.39 is 0 Å². The van der Waals surface area contributed by atoms with Gasteiger partial charge in [-0.25, -0.2) is 0 Å². The summed E-state index contributed by atoms with van der Waals surface area (Å²) in [5, 5.41) is 13.7. The van der Waals surface area contributed by atoms with Gasteiger partial charge in [0.05, 0.1) is 11.6 Å². The molecule has 5 heteroatoms. The first-order valence-electron chi connectivity index (χ1n) is 10.3. The number of aryl methyl sites for hydroxylation is 2. The smallest absolute Gasteiger partial charge is 0.251 e. The number of aliphatic hydroxyl groups is 1. The number of aliphatic hydroxyl groups excluding tert-OH is 1. The second-order valence-electron chi connectivity index (χ2n) is 7.89. The van der Waals surface area contributed by atoms with Gasteiger partial charge >= 0.3 is 0 Å². The van der Waals surface area contributed by atoms with Crippen molar-refractivity contribution >= 4 is 16.8 Å². The zero-order valence-electron chi connectivity index (χ0n) is 15.9. The van der Waals surface area contributed by atoms with E-state index in [9.17, 15) is 9.90 Å². The lowest BCUT2D eigenvalue weighted by molar-refractivity contribution is 0.0816. The highest BCUT2D eigenvalue weighted by atomic mass is 16.3. The van der Waals surface area contributed by atoms with Gasteiger partial charge in [-0.3, -0.25) is 9.78 Å². The summed E-state index contributed by atoms with van der Waals surface area (Å²) in [6.07, 6.45) is 7.16. The molecule has 1 aromatic carbocycles. The van der Waals surface area contributed by atoms with E-state index in [1.54, 1.807) is 0 Å². The minimum Gasteiger partial charge on any atom is -0.393 e. The molecule has 1 aliphatic carbocycles. The lowest BCUT2D eigenvalue weighted by atomic mass is 9.94. The van der Waals surface area contributed by atoms with E-state index in [1.807, 2.05) is 18.2 Å². The number of carbonyl (C=O) groups is 1. The molecule has 144 valence electrons. The Bertz CT molecular complexity index is 813. The molecule has 2 N–H and O–H groups in total. The fourth-order valence-electron chi connectivity index (χ4n) is 4.19. The molecule has 1 aromatic heterocycles. The van der Waals surface area contributed by atoms with E-state index in [2.05, 4.69) is 16.3 Å². The van der Waals surface area contributed by atoms with Crippen molar-refractivity contribution in [2.24, 2.45) is 0 Å². The molecule has 2 aromatic rings. The third-order valence-electron chi connectivity index (χ3n) is 5.85. The summed E-state index contributed by atoms with van der Waals surface area (Å²) in [6.45, 7) is 3.56. The predicted octanol–water partition coefficient (Wildman–Crippen LogP) is 2.69. The first-order chi connectivity index (χ1) is 13.2. The number of pyridine rings is 1. The number of nitrogens with zero attached hydrogens (tertiary/aromatic N) is 2. The Labute approximate surface area is 160 Å². The maximum atomic E-state index is 12.5. The lowest BCUT2D eigenvalue weighted by Crippen LogP contribution is -2.37. The molecule has 0 unspecified atom stereocenters. The van der Waals surface area contributed by atoms with E-state index in [0.29, 0.717) is 12.1 Å². The van der Waals surface area contributed by atoms with Gasteiger partial charge in [-0.1, -0.05) is 0 Å². The van der Waals surface area contributed by atoms with Crippen molar-refractivity contribution in [1.29, 1.82) is 0 Å². The number of nitrogens with one attached hydrogen (secondary N) is 1. The van der Waals surface area contributed by atoms with E-state index in [-0.39, 0.29) is 12.0 Å². The fourth-order valence-corrected chi connectivity index (χ4v) is 4.19. The molecule has 0 radical (unpaired) electrons. The molecule has 1 aliphatic heterocycles. The summed E-state index contributed by atoms with van der Waals surface area (Å²) in [5.41, 5.74) is 4.27. The summed E-state index contributed by atoms with van der Waals surface area (Å²) in [7, 11) is 0. The first-order valence-corrected chi connectivity index (χ1v) is 10.3. The van der Waals surface area contributed by atoms with Crippen LogP contribution in [0.2, 0.25) is 0 Å². The number of amides is 1. The summed E-state index contributed by atoms with van der Waals surface area (Å²) in [6, 6.07) is 8.04. The minimum absolute atomic E-state index is 0.0105. The van der Waals surface area contributed by atoms with Gasteiger partial charge in [0, 0.05) is 36.3 Å². The fraction of sp³-hybridized carbons (Fsp3) is 0.545. The Balaban J connectivity index is 1.32. The number of hydrogen-bond donors (Lipinski definition) is 2. The van der Waals surface area contributed by atoms with Crippen LogP contribution in [0, 0.1) is 0 Å². The van der Waals surface area contributed by atoms with Crippen LogP contribution in [0.3, 0.4) is 0 Å². The number of benzene rings is 1. The van der Waals surface area contributed by atoms with Crippen molar-refractivity contribution in [2.75, 3.05) is 26.2 Å². The molecule has 1 saturated heterocycles. The highest BCUT2D eigenvalue weighted by molar-refractivity contribution is 5.98. The lowest BCUT2D eigenvalue weighted by Gasteiger charge is -2.29. The Morgan fingerprint density at radius 2 is 2.00 bits per heavy atom. The summed E-state index contributed by atoms with van der Waals surface area (Å²) in [4.78, 5) is 19.7. The highest BCUT2D eigenvalue weighted by Gasteiger charge is 2.16. The molecule has 0 bridgehead atoms. The van der Waals surface area contributed by atoms with Crippen LogP contribution < -0.4 is 5.32 Å². The van der Waals surface area contributed by atoms with Gasteiger partial charge in [-0.2, -0.15) is 0 Å². The van der Waals surface area contributed by atoms with Crippen molar-refractivity contribution in [3.8, 4) is 0 Å². The Morgan fingerprint density at radius 1 is 1.19 bits per heavy atom. The van der Waals surface area contributed by atoms with Crippen molar-refractivity contribution in [3.05, 3.63) is 41.1 Å². The normalized spacial score (nSPS) is 18.4. The zero-order valence-corrected chi connectivity index (χ0v) is 15.9. The summed E-state index contributed by atoms with van der Waals surface area (Å²) in [5.74, 6) is -0.0105. The maximum absolute atomic E-state index is 12.5. The SMILES string of the molecule is O=C(NCCCN1CCC(O)CC1)c1ccc2nc3c(cc2c1)CCCC3. The average molecular weight is 367 g/mol. The van der Waals surface area contributed by atoms with E-state index in [4.69, 9.17) is 4.98 Å². The van der Waals surface area contributed by atoms with Gasteiger partial charge in [0.2, 0.25) is 0 Å². The van der Waals surface area contributed by atoms with Crippen LogP contribution in [0.5, 0.6) is 0 Å². The first kappa shape index (κ1) is 18.4. The second-order valence-corrected chi connectivity index (χ2v) is 7.89. The van der Waals surface area contributed by atoms with Crippen LogP contribution in [-0.4, -0.2) is 53.2 Å². The minimum atomic E-state index is -0.131. The Morgan fingerprint density at radius 3 is 2.85 bits per heavy atom. The van der Waals surface area contributed by atoms with Crippen molar-refractivity contribution in [2.45, 2.75) is 51.0 Å². The summed E-state index contributed by atoms with van der Waals surface area (Å²) < 4.78 is 0. The van der Waals surface area contributed by atoms with Gasteiger partial charge < -0.3 is 15.3 Å². The topological polar surface area (TPSA) is 65.5 Å². The van der Waals surface area contributed by atoms with Crippen LogP contribution in [0.15, 0.2) is 24.3 Å². The molecular weight excluding hydrogens is 338 g/mol.